The Hall–Kier alpha value is -1.70. The van der Waals surface area contributed by atoms with Crippen LogP contribution in [0.4, 0.5) is 0 Å². The van der Waals surface area contributed by atoms with Crippen molar-refractivity contribution in [3.8, 4) is 0 Å². The van der Waals surface area contributed by atoms with E-state index in [0.29, 0.717) is 0 Å². The minimum atomic E-state index is 0.849. The van der Waals surface area contributed by atoms with Crippen LogP contribution < -0.4 is 0 Å². The van der Waals surface area contributed by atoms with Crippen molar-refractivity contribution in [2.24, 2.45) is 4.99 Å². The smallest absolute Gasteiger partial charge is 0.0360 e. The van der Waals surface area contributed by atoms with Crippen LogP contribution in [0.15, 0.2) is 54.3 Å². The minimum Gasteiger partial charge on any atom is -0.293 e. The largest absolute Gasteiger partial charge is 0.293 e. The van der Waals surface area contributed by atoms with Gasteiger partial charge in [-0.1, -0.05) is 25.7 Å². The Morgan fingerprint density at radius 2 is 1.94 bits per heavy atom. The molecular weight excluding hydrogens is 196 g/mol. The summed E-state index contributed by atoms with van der Waals surface area (Å²) >= 11 is 0. The lowest BCUT2D eigenvalue weighted by Gasteiger charge is -1.89. The van der Waals surface area contributed by atoms with Gasteiger partial charge < -0.3 is 0 Å². The van der Waals surface area contributed by atoms with Crippen LogP contribution in [0.25, 0.3) is 0 Å². The summed E-state index contributed by atoms with van der Waals surface area (Å²) in [4.78, 5) is 7.84. The van der Waals surface area contributed by atoms with Crippen molar-refractivity contribution in [3.63, 3.8) is 0 Å². The summed E-state index contributed by atoms with van der Waals surface area (Å²) in [7, 11) is 0. The maximum atomic E-state index is 3.95. The van der Waals surface area contributed by atoms with Crippen LogP contribution in [-0.4, -0.2) is 17.7 Å². The molecule has 0 aliphatic rings. The number of allylic oxidation sites excluding steroid dienone is 3. The van der Waals surface area contributed by atoms with Gasteiger partial charge in [0, 0.05) is 25.2 Å². The van der Waals surface area contributed by atoms with Gasteiger partial charge in [0.1, 0.15) is 0 Å². The van der Waals surface area contributed by atoms with Crippen molar-refractivity contribution in [1.29, 1.82) is 0 Å². The quantitative estimate of drug-likeness (QED) is 0.559. The monoisotopic (exact) mass is 216 g/mol. The molecule has 1 aromatic heterocycles. The van der Waals surface area contributed by atoms with Gasteiger partial charge in [-0.15, -0.1) is 0 Å². The van der Waals surface area contributed by atoms with Crippen molar-refractivity contribution < 1.29 is 0 Å². The highest BCUT2D eigenvalue weighted by atomic mass is 14.7. The van der Waals surface area contributed by atoms with Gasteiger partial charge >= 0.3 is 0 Å². The highest BCUT2D eigenvalue weighted by Crippen LogP contribution is 1.94. The predicted molar refractivity (Wildman–Crippen MR) is 72.0 cm³/mol. The van der Waals surface area contributed by atoms with Gasteiger partial charge in [-0.3, -0.25) is 9.98 Å². The molecule has 0 bridgehead atoms. The van der Waals surface area contributed by atoms with Crippen LogP contribution in [0.1, 0.15) is 19.4 Å². The highest BCUT2D eigenvalue weighted by Gasteiger charge is 1.80. The lowest BCUT2D eigenvalue weighted by molar-refractivity contribution is 1.12. The standard InChI is InChI=1S/C7H9N.C7H11N/c1-2-7-3-5-8-6-4-7;1-3-5-6-7-8-4-2/h3-6H,2H2,1H3;3,5-7H,1,4H2,2H3/b;6-5-,8-7?. The van der Waals surface area contributed by atoms with Crippen molar-refractivity contribution in [1.82, 2.24) is 4.98 Å². The van der Waals surface area contributed by atoms with E-state index in [-0.39, 0.29) is 0 Å². The summed E-state index contributed by atoms with van der Waals surface area (Å²) in [6.07, 6.45) is 11.9. The molecule has 1 heterocycles. The van der Waals surface area contributed by atoms with Gasteiger partial charge in [-0.05, 0) is 37.1 Å². The van der Waals surface area contributed by atoms with E-state index < -0.39 is 0 Å². The lowest BCUT2D eigenvalue weighted by Crippen LogP contribution is -1.76. The van der Waals surface area contributed by atoms with E-state index in [2.05, 4.69) is 23.5 Å². The molecule has 0 amide bonds. The molecule has 2 nitrogen and oxygen atoms in total. The fraction of sp³-hybridized carbons (Fsp3) is 0.286. The second-order valence-corrected chi connectivity index (χ2v) is 2.98. The van der Waals surface area contributed by atoms with Gasteiger partial charge in [-0.2, -0.15) is 0 Å². The zero-order valence-corrected chi connectivity index (χ0v) is 10.1. The summed E-state index contributed by atoms with van der Waals surface area (Å²) in [5.74, 6) is 0. The zero-order valence-electron chi connectivity index (χ0n) is 10.1. The SMILES string of the molecule is C=C/C=C\C=NCC.CCc1ccncc1. The lowest BCUT2D eigenvalue weighted by atomic mass is 10.2. The van der Waals surface area contributed by atoms with Crippen LogP contribution >= 0.6 is 0 Å². The molecule has 1 aromatic rings. The first-order valence-corrected chi connectivity index (χ1v) is 5.51. The maximum Gasteiger partial charge on any atom is 0.0360 e. The van der Waals surface area contributed by atoms with Crippen molar-refractivity contribution in [2.45, 2.75) is 20.3 Å². The zero-order chi connectivity index (χ0) is 12.1. The molecule has 0 saturated carbocycles. The molecule has 0 N–H and O–H groups in total. The molecule has 0 saturated heterocycles. The van der Waals surface area contributed by atoms with E-state index in [1.165, 1.54) is 5.56 Å². The number of aliphatic imine (C=N–C) groups is 1. The third kappa shape index (κ3) is 8.88. The van der Waals surface area contributed by atoms with E-state index in [0.717, 1.165) is 13.0 Å². The Labute approximate surface area is 98.5 Å². The van der Waals surface area contributed by atoms with Crippen LogP contribution in [0, 0.1) is 0 Å². The number of pyridine rings is 1. The third-order valence-corrected chi connectivity index (χ3v) is 1.78. The fourth-order valence-corrected chi connectivity index (χ4v) is 0.913. The molecular formula is C14H20N2. The first-order chi connectivity index (χ1) is 7.85. The molecule has 0 radical (unpaired) electrons. The molecule has 1 rings (SSSR count). The minimum absolute atomic E-state index is 0.849. The molecule has 16 heavy (non-hydrogen) atoms. The Kier molecular flexibility index (Phi) is 10.2. The summed E-state index contributed by atoms with van der Waals surface area (Å²) in [6.45, 7) is 8.49. The van der Waals surface area contributed by atoms with Crippen molar-refractivity contribution in [3.05, 3.63) is 54.9 Å². The average molecular weight is 216 g/mol. The molecule has 0 aliphatic heterocycles. The summed E-state index contributed by atoms with van der Waals surface area (Å²) < 4.78 is 0. The van der Waals surface area contributed by atoms with Crippen LogP contribution in [0.5, 0.6) is 0 Å². The summed E-state index contributed by atoms with van der Waals surface area (Å²) in [5.41, 5.74) is 1.35. The number of aryl methyl sites for hydroxylation is 1. The van der Waals surface area contributed by atoms with Gasteiger partial charge in [-0.25, -0.2) is 0 Å². The molecule has 0 fully saturated rings. The Morgan fingerprint density at radius 1 is 1.25 bits per heavy atom. The third-order valence-electron chi connectivity index (χ3n) is 1.78. The number of hydrogen-bond donors (Lipinski definition) is 0. The van der Waals surface area contributed by atoms with Crippen LogP contribution in [-0.2, 0) is 6.42 Å². The normalized spacial score (nSPS) is 10.1. The number of aromatic nitrogens is 1. The number of rotatable bonds is 4. The van der Waals surface area contributed by atoms with Gasteiger partial charge in [0.05, 0.1) is 0 Å². The van der Waals surface area contributed by atoms with Crippen molar-refractivity contribution in [2.75, 3.05) is 6.54 Å². The molecule has 86 valence electrons. The van der Waals surface area contributed by atoms with Gasteiger partial charge in [0.15, 0.2) is 0 Å². The van der Waals surface area contributed by atoms with E-state index in [9.17, 15) is 0 Å². The van der Waals surface area contributed by atoms with E-state index in [1.807, 2.05) is 43.6 Å². The Balaban J connectivity index is 0.000000281. The Morgan fingerprint density at radius 3 is 2.38 bits per heavy atom. The Bertz CT molecular complexity index is 313. The van der Waals surface area contributed by atoms with Gasteiger partial charge in [0.2, 0.25) is 0 Å². The summed E-state index contributed by atoms with van der Waals surface area (Å²) in [6, 6.07) is 4.06. The average Bonchev–Trinajstić information content (AvgIpc) is 2.36. The second-order valence-electron chi connectivity index (χ2n) is 2.98. The first-order valence-electron chi connectivity index (χ1n) is 5.51. The van der Waals surface area contributed by atoms with E-state index in [1.54, 1.807) is 12.3 Å². The topological polar surface area (TPSA) is 25.2 Å². The van der Waals surface area contributed by atoms with Crippen molar-refractivity contribution >= 4 is 6.21 Å². The molecule has 0 spiro atoms. The molecule has 0 unspecified atom stereocenters. The van der Waals surface area contributed by atoms with Crippen LogP contribution in [0.3, 0.4) is 0 Å². The molecule has 0 atom stereocenters. The second kappa shape index (κ2) is 11.4. The van der Waals surface area contributed by atoms with Crippen LogP contribution in [0.2, 0.25) is 0 Å². The van der Waals surface area contributed by atoms with Gasteiger partial charge in [0.25, 0.3) is 0 Å². The van der Waals surface area contributed by atoms with E-state index in [4.69, 9.17) is 0 Å². The number of nitrogens with zero attached hydrogens (tertiary/aromatic N) is 2. The highest BCUT2D eigenvalue weighted by molar-refractivity contribution is 5.71. The molecule has 0 aliphatic carbocycles. The first kappa shape index (κ1) is 14.3. The maximum absolute atomic E-state index is 3.95. The number of hydrogen-bond acceptors (Lipinski definition) is 2. The predicted octanol–water partition coefficient (Wildman–Crippen LogP) is 3.46. The molecule has 0 aromatic carbocycles. The van der Waals surface area contributed by atoms with E-state index >= 15 is 0 Å². The summed E-state index contributed by atoms with van der Waals surface area (Å²) in [5, 5.41) is 0. The fourth-order valence-electron chi connectivity index (χ4n) is 0.913. The molecule has 2 heteroatoms.